The highest BCUT2D eigenvalue weighted by Crippen LogP contribution is 2.36. The van der Waals surface area contributed by atoms with Gasteiger partial charge in [-0.2, -0.15) is 0 Å². The van der Waals surface area contributed by atoms with E-state index in [0.29, 0.717) is 18.7 Å². The first-order chi connectivity index (χ1) is 11.6. The van der Waals surface area contributed by atoms with Gasteiger partial charge in [-0.05, 0) is 41.8 Å². The van der Waals surface area contributed by atoms with E-state index in [9.17, 15) is 13.6 Å². The summed E-state index contributed by atoms with van der Waals surface area (Å²) in [7, 11) is 0. The Balaban J connectivity index is 1.90. The van der Waals surface area contributed by atoms with Crippen molar-refractivity contribution in [2.75, 3.05) is 5.88 Å². The van der Waals surface area contributed by atoms with Crippen LogP contribution in [0.3, 0.4) is 0 Å². The van der Waals surface area contributed by atoms with Gasteiger partial charge in [-0.3, -0.25) is 4.79 Å². The molecule has 1 heterocycles. The summed E-state index contributed by atoms with van der Waals surface area (Å²) in [4.78, 5) is 12.6. The van der Waals surface area contributed by atoms with Gasteiger partial charge in [-0.15, -0.1) is 11.6 Å². The van der Waals surface area contributed by atoms with Crippen LogP contribution in [0, 0.1) is 17.6 Å². The van der Waals surface area contributed by atoms with Gasteiger partial charge in [0.05, 0.1) is 0 Å². The van der Waals surface area contributed by atoms with E-state index in [-0.39, 0.29) is 35.4 Å². The summed E-state index contributed by atoms with van der Waals surface area (Å²) in [6.07, 6.45) is 0.899. The van der Waals surface area contributed by atoms with Gasteiger partial charge in [-0.1, -0.05) is 24.3 Å². The van der Waals surface area contributed by atoms with Gasteiger partial charge in [0.1, 0.15) is 17.4 Å². The topological polar surface area (TPSA) is 29.1 Å². The Morgan fingerprint density at radius 1 is 0.958 bits per heavy atom. The molecule has 0 spiro atoms. The molecule has 3 atom stereocenters. The van der Waals surface area contributed by atoms with E-state index >= 15 is 0 Å². The average molecular weight is 350 g/mol. The number of carbonyl (C=O) groups is 1. The maximum atomic E-state index is 13.2. The smallest absolute Gasteiger partial charge is 0.139 e. The molecule has 1 saturated heterocycles. The molecule has 2 aromatic carbocycles. The second-order valence-electron chi connectivity index (χ2n) is 6.05. The maximum absolute atomic E-state index is 13.2. The van der Waals surface area contributed by atoms with Gasteiger partial charge < -0.3 is 5.32 Å². The lowest BCUT2D eigenvalue weighted by atomic mass is 9.79. The third-order valence-electron chi connectivity index (χ3n) is 4.52. The first kappa shape index (κ1) is 17.1. The molecule has 2 nitrogen and oxygen atoms in total. The molecule has 0 saturated carbocycles. The van der Waals surface area contributed by atoms with E-state index in [4.69, 9.17) is 11.6 Å². The number of benzene rings is 2. The Kier molecular flexibility index (Phi) is 5.27. The summed E-state index contributed by atoms with van der Waals surface area (Å²) in [5, 5.41) is 3.47. The Morgan fingerprint density at radius 3 is 2.04 bits per heavy atom. The number of piperidine rings is 1. The van der Waals surface area contributed by atoms with E-state index in [1.165, 1.54) is 24.3 Å². The summed E-state index contributed by atoms with van der Waals surface area (Å²) >= 11 is 5.87. The molecule has 0 radical (unpaired) electrons. The van der Waals surface area contributed by atoms with Crippen molar-refractivity contribution in [2.24, 2.45) is 5.92 Å². The van der Waals surface area contributed by atoms with Crippen LogP contribution in [0.2, 0.25) is 0 Å². The number of rotatable bonds is 4. The molecule has 1 aliphatic heterocycles. The van der Waals surface area contributed by atoms with Crippen molar-refractivity contribution < 1.29 is 13.6 Å². The number of nitrogens with one attached hydrogen (secondary N) is 1. The molecule has 0 aromatic heterocycles. The van der Waals surface area contributed by atoms with Crippen LogP contribution in [-0.2, 0) is 4.79 Å². The zero-order valence-electron chi connectivity index (χ0n) is 13.0. The van der Waals surface area contributed by atoms with E-state index in [0.717, 1.165) is 11.1 Å². The molecule has 2 aromatic rings. The highest BCUT2D eigenvalue weighted by atomic mass is 35.5. The molecule has 0 bridgehead atoms. The Hall–Kier alpha value is -1.78. The quantitative estimate of drug-likeness (QED) is 0.820. The van der Waals surface area contributed by atoms with Crippen molar-refractivity contribution >= 4 is 17.4 Å². The molecule has 1 aliphatic rings. The van der Waals surface area contributed by atoms with E-state index in [2.05, 4.69) is 5.32 Å². The SMILES string of the molecule is O=C1C[C@H](c2ccc(F)cc2)N[C@H](c2ccc(F)cc2)[C@H]1CCCl. The monoisotopic (exact) mass is 349 g/mol. The summed E-state index contributed by atoms with van der Waals surface area (Å²) in [6, 6.07) is 11.9. The van der Waals surface area contributed by atoms with Crippen molar-refractivity contribution in [3.63, 3.8) is 0 Å². The lowest BCUT2D eigenvalue weighted by Crippen LogP contribution is -2.42. The van der Waals surface area contributed by atoms with Crippen molar-refractivity contribution in [3.8, 4) is 0 Å². The minimum Gasteiger partial charge on any atom is -0.302 e. The molecule has 1 fully saturated rings. The van der Waals surface area contributed by atoms with Gasteiger partial charge in [0.2, 0.25) is 0 Å². The van der Waals surface area contributed by atoms with Crippen LogP contribution in [-0.4, -0.2) is 11.7 Å². The normalized spacial score (nSPS) is 24.1. The van der Waals surface area contributed by atoms with Crippen molar-refractivity contribution in [3.05, 3.63) is 71.3 Å². The standard InChI is InChI=1S/C19H18ClF2NO/c20-10-9-16-18(24)11-17(12-1-5-14(21)6-2-12)23-19(16)13-3-7-15(22)8-4-13/h1-8,16-17,19,23H,9-11H2/t16-,17+,19+/m0/s1. The zero-order chi connectivity index (χ0) is 17.1. The molecule has 3 rings (SSSR count). The van der Waals surface area contributed by atoms with Crippen molar-refractivity contribution in [1.82, 2.24) is 5.32 Å². The number of ketones is 1. The summed E-state index contributed by atoms with van der Waals surface area (Å²) in [5.41, 5.74) is 1.72. The first-order valence-corrected chi connectivity index (χ1v) is 8.47. The third kappa shape index (κ3) is 3.65. The average Bonchev–Trinajstić information content (AvgIpc) is 2.58. The van der Waals surface area contributed by atoms with E-state index in [1.54, 1.807) is 24.3 Å². The van der Waals surface area contributed by atoms with Crippen LogP contribution >= 0.6 is 11.6 Å². The lowest BCUT2D eigenvalue weighted by molar-refractivity contribution is -0.126. The van der Waals surface area contributed by atoms with Crippen LogP contribution in [0.5, 0.6) is 0 Å². The number of Topliss-reactive ketones (excluding diaryl/α,β-unsaturated/α-hetero) is 1. The van der Waals surface area contributed by atoms with Gasteiger partial charge in [0.15, 0.2) is 0 Å². The van der Waals surface area contributed by atoms with Gasteiger partial charge in [0, 0.05) is 30.3 Å². The van der Waals surface area contributed by atoms with Crippen LogP contribution in [0.1, 0.15) is 36.1 Å². The fourth-order valence-corrected chi connectivity index (χ4v) is 3.52. The van der Waals surface area contributed by atoms with E-state index < -0.39 is 0 Å². The minimum absolute atomic E-state index is 0.123. The molecule has 0 aliphatic carbocycles. The molecule has 0 unspecified atom stereocenters. The fraction of sp³-hybridized carbons (Fsp3) is 0.316. The molecule has 24 heavy (non-hydrogen) atoms. The third-order valence-corrected chi connectivity index (χ3v) is 4.74. The minimum atomic E-state index is -0.315. The van der Waals surface area contributed by atoms with Crippen LogP contribution < -0.4 is 5.32 Å². The largest absolute Gasteiger partial charge is 0.302 e. The fourth-order valence-electron chi connectivity index (χ4n) is 3.28. The molecule has 1 N–H and O–H groups in total. The van der Waals surface area contributed by atoms with Crippen LogP contribution in [0.25, 0.3) is 0 Å². The van der Waals surface area contributed by atoms with Gasteiger partial charge in [0.25, 0.3) is 0 Å². The lowest BCUT2D eigenvalue weighted by Gasteiger charge is -2.37. The van der Waals surface area contributed by atoms with Gasteiger partial charge in [-0.25, -0.2) is 8.78 Å². The van der Waals surface area contributed by atoms with Crippen molar-refractivity contribution in [2.45, 2.75) is 24.9 Å². The molecule has 126 valence electrons. The molecular weight excluding hydrogens is 332 g/mol. The molecule has 0 amide bonds. The van der Waals surface area contributed by atoms with Crippen molar-refractivity contribution in [1.29, 1.82) is 0 Å². The summed E-state index contributed by atoms with van der Waals surface area (Å²) in [6.45, 7) is 0. The second kappa shape index (κ2) is 7.41. The number of alkyl halides is 1. The number of carbonyl (C=O) groups excluding carboxylic acids is 1. The van der Waals surface area contributed by atoms with Crippen LogP contribution in [0.15, 0.2) is 48.5 Å². The second-order valence-corrected chi connectivity index (χ2v) is 6.43. The predicted octanol–water partition coefficient (Wildman–Crippen LogP) is 4.55. The first-order valence-electron chi connectivity index (χ1n) is 7.94. The highest BCUT2D eigenvalue weighted by Gasteiger charge is 2.37. The Bertz CT molecular complexity index is 702. The maximum Gasteiger partial charge on any atom is 0.139 e. The molecular formula is C19H18ClF2NO. The predicted molar refractivity (Wildman–Crippen MR) is 89.9 cm³/mol. The Morgan fingerprint density at radius 2 is 1.50 bits per heavy atom. The van der Waals surface area contributed by atoms with Gasteiger partial charge >= 0.3 is 0 Å². The zero-order valence-corrected chi connectivity index (χ0v) is 13.8. The van der Waals surface area contributed by atoms with E-state index in [1.807, 2.05) is 0 Å². The number of halogens is 3. The number of hydrogen-bond donors (Lipinski definition) is 1. The van der Waals surface area contributed by atoms with Crippen LogP contribution in [0.4, 0.5) is 8.78 Å². The highest BCUT2D eigenvalue weighted by molar-refractivity contribution is 6.18. The summed E-state index contributed by atoms with van der Waals surface area (Å²) in [5.74, 6) is -0.361. The number of hydrogen-bond acceptors (Lipinski definition) is 2. The summed E-state index contributed by atoms with van der Waals surface area (Å²) < 4.78 is 26.3. The molecule has 5 heteroatoms. The Labute approximate surface area is 144 Å².